The molecule has 1 aromatic rings. The minimum absolute atomic E-state index is 0.106. The maximum atomic E-state index is 12.7. The second kappa shape index (κ2) is 3.93. The van der Waals surface area contributed by atoms with Crippen molar-refractivity contribution in [1.82, 2.24) is 0 Å². The van der Waals surface area contributed by atoms with Crippen molar-refractivity contribution < 1.29 is 14.2 Å². The van der Waals surface area contributed by atoms with E-state index in [0.717, 1.165) is 0 Å². The molecule has 0 heterocycles. The number of ether oxygens (including phenoxy) is 1. The Morgan fingerprint density at radius 1 is 1.64 bits per heavy atom. The molecule has 0 aliphatic heterocycles. The third-order valence-corrected chi connectivity index (χ3v) is 1.12. The zero-order valence-corrected chi connectivity index (χ0v) is 5.88. The van der Waals surface area contributed by atoms with Crippen LogP contribution >= 0.6 is 0 Å². The van der Waals surface area contributed by atoms with Crippen LogP contribution in [-0.4, -0.2) is 18.3 Å². The summed E-state index contributed by atoms with van der Waals surface area (Å²) in [6.45, 7) is -0.0108. The molecule has 11 heavy (non-hydrogen) atoms. The number of aliphatic hydroxyl groups is 1. The fourth-order valence-corrected chi connectivity index (χ4v) is 0.668. The summed E-state index contributed by atoms with van der Waals surface area (Å²) in [6, 6.07) is 6.90. The highest BCUT2D eigenvalue weighted by Crippen LogP contribution is 2.13. The zero-order chi connectivity index (χ0) is 8.10. The maximum absolute atomic E-state index is 12.7. The van der Waals surface area contributed by atoms with Crippen molar-refractivity contribution in [2.45, 2.75) is 0 Å². The van der Waals surface area contributed by atoms with Crippen LogP contribution in [0.3, 0.4) is 0 Å². The topological polar surface area (TPSA) is 29.5 Å². The first kappa shape index (κ1) is 8.01. The molecule has 0 saturated heterocycles. The van der Waals surface area contributed by atoms with Gasteiger partial charge in [0, 0.05) is 6.07 Å². The van der Waals surface area contributed by atoms with Gasteiger partial charge in [-0.15, -0.1) is 0 Å². The molecular formula is C8H8FO2. The Hall–Kier alpha value is -1.09. The molecule has 1 aromatic carbocycles. The summed E-state index contributed by atoms with van der Waals surface area (Å²) in [7, 11) is 0. The molecule has 0 spiro atoms. The van der Waals surface area contributed by atoms with Crippen LogP contribution < -0.4 is 4.74 Å². The summed E-state index contributed by atoms with van der Waals surface area (Å²) in [6.07, 6.45) is 0. The normalized spacial score (nSPS) is 9.64. The molecule has 59 valence electrons. The van der Waals surface area contributed by atoms with Crippen LogP contribution in [0.25, 0.3) is 0 Å². The average molecular weight is 155 g/mol. The highest BCUT2D eigenvalue weighted by Gasteiger charge is 1.99. The number of hydrogen-bond donors (Lipinski definition) is 1. The van der Waals surface area contributed by atoms with Crippen LogP contribution in [0.15, 0.2) is 18.2 Å². The van der Waals surface area contributed by atoms with Gasteiger partial charge >= 0.3 is 0 Å². The zero-order valence-electron chi connectivity index (χ0n) is 5.88. The molecular weight excluding hydrogens is 147 g/mol. The molecule has 1 rings (SSSR count). The lowest BCUT2D eigenvalue weighted by atomic mass is 10.3. The molecule has 2 nitrogen and oxygen atoms in total. The van der Waals surface area contributed by atoms with Crippen molar-refractivity contribution >= 4 is 0 Å². The Labute approximate surface area is 64.2 Å². The fourth-order valence-electron chi connectivity index (χ4n) is 0.668. The average Bonchev–Trinajstić information content (AvgIpc) is 2.03. The van der Waals surface area contributed by atoms with Crippen molar-refractivity contribution in [3.63, 3.8) is 0 Å². The summed E-state index contributed by atoms with van der Waals surface area (Å²) in [5, 5.41) is 8.36. The van der Waals surface area contributed by atoms with Gasteiger partial charge in [-0.05, 0) is 6.07 Å². The van der Waals surface area contributed by atoms with Crippen LogP contribution in [0.1, 0.15) is 0 Å². The lowest BCUT2D eigenvalue weighted by Crippen LogP contribution is -2.02. The smallest absolute Gasteiger partial charge is 0.172 e. The van der Waals surface area contributed by atoms with Gasteiger partial charge in [-0.25, -0.2) is 4.39 Å². The number of aliphatic hydroxyl groups excluding tert-OH is 1. The first-order valence-electron chi connectivity index (χ1n) is 3.24. The van der Waals surface area contributed by atoms with Crippen LogP contribution in [0.2, 0.25) is 0 Å². The van der Waals surface area contributed by atoms with Gasteiger partial charge in [0.25, 0.3) is 0 Å². The highest BCUT2D eigenvalue weighted by molar-refractivity contribution is 5.22. The standard InChI is InChI=1S/C8H8FO2/c9-7-3-1-2-4-8(7)11-6-5-10/h1-2,4,10H,5-6H2. The molecule has 3 heteroatoms. The Bertz CT molecular complexity index is 225. The number of halogens is 1. The molecule has 0 fully saturated rings. The summed E-state index contributed by atoms with van der Waals surface area (Å²) in [5.74, 6) is -0.400. The quantitative estimate of drug-likeness (QED) is 0.705. The number of hydrogen-bond acceptors (Lipinski definition) is 2. The maximum Gasteiger partial charge on any atom is 0.172 e. The summed E-state index contributed by atoms with van der Waals surface area (Å²) >= 11 is 0. The molecule has 0 aromatic heterocycles. The van der Waals surface area contributed by atoms with Crippen molar-refractivity contribution in [3.8, 4) is 5.75 Å². The predicted octanol–water partition coefficient (Wildman–Crippen LogP) is 0.997. The lowest BCUT2D eigenvalue weighted by Gasteiger charge is -2.03. The lowest BCUT2D eigenvalue weighted by molar-refractivity contribution is 0.196. The van der Waals surface area contributed by atoms with Gasteiger partial charge in [-0.1, -0.05) is 12.1 Å². The van der Waals surface area contributed by atoms with Gasteiger partial charge in [0.2, 0.25) is 0 Å². The first-order valence-corrected chi connectivity index (χ1v) is 3.24. The van der Waals surface area contributed by atoms with E-state index in [1.165, 1.54) is 12.1 Å². The van der Waals surface area contributed by atoms with Crippen LogP contribution in [0.4, 0.5) is 4.39 Å². The fraction of sp³-hybridized carbons (Fsp3) is 0.250. The summed E-state index contributed by atoms with van der Waals surface area (Å²) in [4.78, 5) is 0. The van der Waals surface area contributed by atoms with Gasteiger partial charge in [0.05, 0.1) is 6.61 Å². The van der Waals surface area contributed by atoms with Gasteiger partial charge in [-0.3, -0.25) is 0 Å². The predicted molar refractivity (Wildman–Crippen MR) is 37.8 cm³/mol. The minimum atomic E-state index is -0.527. The molecule has 0 unspecified atom stereocenters. The molecule has 1 N–H and O–H groups in total. The molecule has 0 atom stereocenters. The van der Waals surface area contributed by atoms with Crippen molar-refractivity contribution in [3.05, 3.63) is 30.1 Å². The Balaban J connectivity index is 2.62. The second-order valence-electron chi connectivity index (χ2n) is 1.92. The van der Waals surface area contributed by atoms with E-state index in [4.69, 9.17) is 9.84 Å². The first-order chi connectivity index (χ1) is 5.34. The Morgan fingerprint density at radius 3 is 3.09 bits per heavy atom. The molecule has 0 aliphatic rings. The third-order valence-electron chi connectivity index (χ3n) is 1.12. The Morgan fingerprint density at radius 2 is 2.45 bits per heavy atom. The van der Waals surface area contributed by atoms with Crippen molar-refractivity contribution in [2.75, 3.05) is 13.2 Å². The van der Waals surface area contributed by atoms with Crippen LogP contribution in [-0.2, 0) is 0 Å². The number of benzene rings is 1. The number of rotatable bonds is 3. The van der Waals surface area contributed by atoms with Gasteiger partial charge in [-0.2, -0.15) is 0 Å². The van der Waals surface area contributed by atoms with E-state index in [9.17, 15) is 4.39 Å². The minimum Gasteiger partial charge on any atom is -0.488 e. The van der Waals surface area contributed by atoms with Crippen LogP contribution in [0.5, 0.6) is 5.75 Å². The third kappa shape index (κ3) is 2.20. The van der Waals surface area contributed by atoms with E-state index in [1.54, 1.807) is 6.07 Å². The van der Waals surface area contributed by atoms with E-state index in [2.05, 4.69) is 6.07 Å². The highest BCUT2D eigenvalue weighted by atomic mass is 19.1. The molecule has 0 amide bonds. The van der Waals surface area contributed by atoms with E-state index in [-0.39, 0.29) is 19.0 Å². The van der Waals surface area contributed by atoms with E-state index >= 15 is 0 Å². The van der Waals surface area contributed by atoms with Gasteiger partial charge < -0.3 is 9.84 Å². The largest absolute Gasteiger partial charge is 0.488 e. The molecule has 0 bridgehead atoms. The van der Waals surface area contributed by atoms with E-state index in [0.29, 0.717) is 0 Å². The van der Waals surface area contributed by atoms with Crippen molar-refractivity contribution in [2.24, 2.45) is 0 Å². The van der Waals surface area contributed by atoms with Gasteiger partial charge in [0.15, 0.2) is 11.6 Å². The summed E-state index contributed by atoms with van der Waals surface area (Å²) < 4.78 is 17.5. The van der Waals surface area contributed by atoms with Crippen LogP contribution in [0, 0.1) is 11.9 Å². The van der Waals surface area contributed by atoms with E-state index in [1.807, 2.05) is 0 Å². The molecule has 0 aliphatic carbocycles. The molecule has 0 saturated carbocycles. The monoisotopic (exact) mass is 155 g/mol. The van der Waals surface area contributed by atoms with Gasteiger partial charge in [0.1, 0.15) is 6.61 Å². The molecule has 1 radical (unpaired) electrons. The van der Waals surface area contributed by atoms with Crippen molar-refractivity contribution in [1.29, 1.82) is 0 Å². The summed E-state index contributed by atoms with van der Waals surface area (Å²) in [5.41, 5.74) is 0. The second-order valence-corrected chi connectivity index (χ2v) is 1.92. The Kier molecular flexibility index (Phi) is 2.86. The van der Waals surface area contributed by atoms with E-state index < -0.39 is 5.82 Å². The SMILES string of the molecule is OCCOc1ccc[c]c1F.